The van der Waals surface area contributed by atoms with E-state index in [-0.39, 0.29) is 11.8 Å². The first kappa shape index (κ1) is 12.9. The van der Waals surface area contributed by atoms with Crippen LogP contribution in [0.15, 0.2) is 24.3 Å². The molecule has 0 aromatic carbocycles. The van der Waals surface area contributed by atoms with Gasteiger partial charge in [-0.05, 0) is 18.3 Å². The Balaban J connectivity index is 0.000000249. The van der Waals surface area contributed by atoms with E-state index in [2.05, 4.69) is 24.3 Å². The second-order valence-corrected chi connectivity index (χ2v) is 4.56. The molecular formula is C12H20O2. The third kappa shape index (κ3) is 11.0. The topological polar surface area (TPSA) is 37.3 Å². The van der Waals surface area contributed by atoms with Gasteiger partial charge in [0.25, 0.3) is 0 Å². The van der Waals surface area contributed by atoms with Crippen LogP contribution in [0.1, 0.15) is 40.0 Å². The highest BCUT2D eigenvalue weighted by Gasteiger charge is 2.13. The summed E-state index contributed by atoms with van der Waals surface area (Å²) in [5.74, 6) is -0.725. The van der Waals surface area contributed by atoms with E-state index in [0.29, 0.717) is 0 Å². The molecule has 80 valence electrons. The SMILES string of the molecule is C1=CCCC=C1.CC(C)(C)CC(=O)O. The van der Waals surface area contributed by atoms with Crippen molar-refractivity contribution in [3.05, 3.63) is 24.3 Å². The number of rotatable bonds is 1. The molecule has 0 spiro atoms. The lowest BCUT2D eigenvalue weighted by Crippen LogP contribution is -2.11. The van der Waals surface area contributed by atoms with Gasteiger partial charge in [-0.25, -0.2) is 0 Å². The summed E-state index contributed by atoms with van der Waals surface area (Å²) in [7, 11) is 0. The zero-order chi connectivity index (χ0) is 11.0. The molecule has 0 aliphatic heterocycles. The minimum atomic E-state index is -0.725. The molecule has 0 amide bonds. The zero-order valence-electron chi connectivity index (χ0n) is 9.29. The van der Waals surface area contributed by atoms with Crippen molar-refractivity contribution in [1.82, 2.24) is 0 Å². The maximum absolute atomic E-state index is 10.0. The fraction of sp³-hybridized carbons (Fsp3) is 0.583. The maximum atomic E-state index is 10.0. The van der Waals surface area contributed by atoms with Crippen LogP contribution in [0.25, 0.3) is 0 Å². The molecule has 0 aromatic heterocycles. The second kappa shape index (κ2) is 6.41. The van der Waals surface area contributed by atoms with Crippen molar-refractivity contribution in [2.45, 2.75) is 40.0 Å². The van der Waals surface area contributed by atoms with Crippen LogP contribution in [0.2, 0.25) is 0 Å². The third-order valence-electron chi connectivity index (χ3n) is 1.56. The van der Waals surface area contributed by atoms with Crippen molar-refractivity contribution in [1.29, 1.82) is 0 Å². The molecule has 0 saturated carbocycles. The lowest BCUT2D eigenvalue weighted by Gasteiger charge is -2.13. The minimum Gasteiger partial charge on any atom is -0.481 e. The number of hydrogen-bond acceptors (Lipinski definition) is 1. The van der Waals surface area contributed by atoms with Crippen LogP contribution in [-0.4, -0.2) is 11.1 Å². The highest BCUT2D eigenvalue weighted by Crippen LogP contribution is 2.17. The van der Waals surface area contributed by atoms with Gasteiger partial charge in [0.2, 0.25) is 0 Å². The highest BCUT2D eigenvalue weighted by molar-refractivity contribution is 5.67. The van der Waals surface area contributed by atoms with Crippen molar-refractivity contribution >= 4 is 5.97 Å². The summed E-state index contributed by atoms with van der Waals surface area (Å²) in [6.45, 7) is 5.71. The molecule has 1 aliphatic carbocycles. The summed E-state index contributed by atoms with van der Waals surface area (Å²) in [4.78, 5) is 10.0. The number of allylic oxidation sites excluding steroid dienone is 4. The summed E-state index contributed by atoms with van der Waals surface area (Å²) in [6, 6.07) is 0. The van der Waals surface area contributed by atoms with Gasteiger partial charge in [-0.2, -0.15) is 0 Å². The number of carboxylic acids is 1. The Hall–Kier alpha value is -1.05. The van der Waals surface area contributed by atoms with Crippen molar-refractivity contribution in [2.24, 2.45) is 5.41 Å². The molecule has 0 fully saturated rings. The van der Waals surface area contributed by atoms with Crippen LogP contribution in [0.3, 0.4) is 0 Å². The Morgan fingerprint density at radius 1 is 1.21 bits per heavy atom. The first-order chi connectivity index (χ1) is 6.42. The first-order valence-corrected chi connectivity index (χ1v) is 4.95. The fourth-order valence-electron chi connectivity index (χ4n) is 0.996. The Bertz CT molecular complexity index is 207. The zero-order valence-corrected chi connectivity index (χ0v) is 9.29. The molecule has 2 nitrogen and oxygen atoms in total. The van der Waals surface area contributed by atoms with Crippen molar-refractivity contribution < 1.29 is 9.90 Å². The van der Waals surface area contributed by atoms with Gasteiger partial charge in [0, 0.05) is 0 Å². The van der Waals surface area contributed by atoms with E-state index in [1.54, 1.807) is 0 Å². The van der Waals surface area contributed by atoms with Gasteiger partial charge in [0.1, 0.15) is 0 Å². The Morgan fingerprint density at radius 2 is 1.64 bits per heavy atom. The van der Waals surface area contributed by atoms with Crippen molar-refractivity contribution in [3.63, 3.8) is 0 Å². The number of hydrogen-bond donors (Lipinski definition) is 1. The van der Waals surface area contributed by atoms with Gasteiger partial charge in [-0.1, -0.05) is 45.1 Å². The summed E-state index contributed by atoms with van der Waals surface area (Å²) in [5.41, 5.74) is -0.0775. The minimum absolute atomic E-state index is 0.0775. The molecular weight excluding hydrogens is 176 g/mol. The molecule has 0 bridgehead atoms. The fourth-order valence-corrected chi connectivity index (χ4v) is 0.996. The van der Waals surface area contributed by atoms with E-state index >= 15 is 0 Å². The van der Waals surface area contributed by atoms with E-state index in [9.17, 15) is 4.79 Å². The lowest BCUT2D eigenvalue weighted by molar-refractivity contribution is -0.139. The van der Waals surface area contributed by atoms with Crippen LogP contribution in [0.5, 0.6) is 0 Å². The Morgan fingerprint density at radius 3 is 1.71 bits per heavy atom. The first-order valence-electron chi connectivity index (χ1n) is 4.95. The summed E-state index contributed by atoms with van der Waals surface area (Å²) in [5, 5.41) is 8.25. The molecule has 1 N–H and O–H groups in total. The Kier molecular flexibility index (Phi) is 5.93. The van der Waals surface area contributed by atoms with E-state index in [1.807, 2.05) is 20.8 Å². The summed E-state index contributed by atoms with van der Waals surface area (Å²) < 4.78 is 0. The van der Waals surface area contributed by atoms with E-state index in [0.717, 1.165) is 0 Å². The molecule has 0 saturated heterocycles. The van der Waals surface area contributed by atoms with Crippen LogP contribution in [0, 0.1) is 5.41 Å². The van der Waals surface area contributed by atoms with Crippen LogP contribution in [0.4, 0.5) is 0 Å². The monoisotopic (exact) mass is 196 g/mol. The van der Waals surface area contributed by atoms with E-state index < -0.39 is 5.97 Å². The maximum Gasteiger partial charge on any atom is 0.303 e. The van der Waals surface area contributed by atoms with Crippen LogP contribution < -0.4 is 0 Å². The predicted octanol–water partition coefficient (Wildman–Crippen LogP) is 3.40. The molecule has 0 radical (unpaired) electrons. The van der Waals surface area contributed by atoms with Crippen LogP contribution >= 0.6 is 0 Å². The van der Waals surface area contributed by atoms with Crippen molar-refractivity contribution in [2.75, 3.05) is 0 Å². The average molecular weight is 196 g/mol. The number of carboxylic acid groups (broad SMARTS) is 1. The largest absolute Gasteiger partial charge is 0.481 e. The van der Waals surface area contributed by atoms with Crippen LogP contribution in [-0.2, 0) is 4.79 Å². The number of aliphatic carboxylic acids is 1. The normalized spacial score (nSPS) is 14.5. The lowest BCUT2D eigenvalue weighted by atomic mass is 9.93. The van der Waals surface area contributed by atoms with Gasteiger partial charge in [0.05, 0.1) is 6.42 Å². The molecule has 0 heterocycles. The van der Waals surface area contributed by atoms with E-state index in [1.165, 1.54) is 12.8 Å². The molecule has 14 heavy (non-hydrogen) atoms. The third-order valence-corrected chi connectivity index (χ3v) is 1.56. The second-order valence-electron chi connectivity index (χ2n) is 4.56. The predicted molar refractivity (Wildman–Crippen MR) is 59.2 cm³/mol. The van der Waals surface area contributed by atoms with Gasteiger partial charge < -0.3 is 5.11 Å². The molecule has 0 aromatic rings. The van der Waals surface area contributed by atoms with Gasteiger partial charge in [-0.3, -0.25) is 4.79 Å². The van der Waals surface area contributed by atoms with Gasteiger partial charge in [-0.15, -0.1) is 0 Å². The molecule has 1 rings (SSSR count). The van der Waals surface area contributed by atoms with Gasteiger partial charge >= 0.3 is 5.97 Å². The van der Waals surface area contributed by atoms with E-state index in [4.69, 9.17) is 5.11 Å². The molecule has 0 unspecified atom stereocenters. The smallest absolute Gasteiger partial charge is 0.303 e. The summed E-state index contributed by atoms with van der Waals surface area (Å²) >= 11 is 0. The summed E-state index contributed by atoms with van der Waals surface area (Å²) in [6.07, 6.45) is 11.2. The highest BCUT2D eigenvalue weighted by atomic mass is 16.4. The standard InChI is InChI=1S/C6H12O2.C6H8/c1-6(2,3)4-5(7)8;1-2-4-6-5-3-1/h4H2,1-3H3,(H,7,8);1-4H,5-6H2. The molecule has 0 atom stereocenters. The molecule has 1 aliphatic rings. The van der Waals surface area contributed by atoms with Crippen molar-refractivity contribution in [3.8, 4) is 0 Å². The Labute approximate surface area is 86.3 Å². The number of carbonyl (C=O) groups is 1. The average Bonchev–Trinajstić information content (AvgIpc) is 2.03. The molecule has 2 heteroatoms. The quantitative estimate of drug-likeness (QED) is 0.698. The van der Waals surface area contributed by atoms with Gasteiger partial charge in [0.15, 0.2) is 0 Å².